The van der Waals surface area contributed by atoms with Crippen molar-refractivity contribution in [3.8, 4) is 0 Å². The first-order valence-electron chi connectivity index (χ1n) is 8.48. The van der Waals surface area contributed by atoms with Crippen LogP contribution < -0.4 is 5.32 Å². The third-order valence-corrected chi connectivity index (χ3v) is 6.36. The molecule has 1 saturated heterocycles. The molecule has 6 nitrogen and oxygen atoms in total. The molecule has 1 atom stereocenters. The fraction of sp³-hybridized carbons (Fsp3) is 0.588. The van der Waals surface area contributed by atoms with Crippen LogP contribution in [-0.2, 0) is 22.6 Å². The average Bonchev–Trinajstić information content (AvgIpc) is 3.22. The normalized spacial score (nSPS) is 23.4. The third-order valence-electron chi connectivity index (χ3n) is 5.12. The van der Waals surface area contributed by atoms with E-state index >= 15 is 0 Å². The molecule has 0 bridgehead atoms. The van der Waals surface area contributed by atoms with E-state index in [0.717, 1.165) is 24.8 Å². The molecule has 1 aromatic rings. The van der Waals surface area contributed by atoms with E-state index in [2.05, 4.69) is 5.32 Å². The van der Waals surface area contributed by atoms with E-state index in [1.165, 1.54) is 16.2 Å². The maximum atomic E-state index is 12.8. The Bertz CT molecular complexity index is 710. The average molecular weight is 347 g/mol. The summed E-state index contributed by atoms with van der Waals surface area (Å²) < 4.78 is 0. The van der Waals surface area contributed by atoms with Crippen LogP contribution >= 0.6 is 11.3 Å². The van der Waals surface area contributed by atoms with Crippen molar-refractivity contribution in [1.82, 2.24) is 15.1 Å². The van der Waals surface area contributed by atoms with Gasteiger partial charge >= 0.3 is 0 Å². The minimum atomic E-state index is -0.198. The van der Waals surface area contributed by atoms with Gasteiger partial charge in [0.15, 0.2) is 0 Å². The molecule has 1 aliphatic carbocycles. The van der Waals surface area contributed by atoms with Crippen LogP contribution in [0.4, 0.5) is 0 Å². The number of hydrogen-bond donors (Lipinski definition) is 1. The number of thiophene rings is 1. The van der Waals surface area contributed by atoms with Gasteiger partial charge in [0.2, 0.25) is 11.8 Å². The van der Waals surface area contributed by atoms with Crippen LogP contribution in [-0.4, -0.2) is 53.7 Å². The molecular weight excluding hydrogens is 326 g/mol. The highest BCUT2D eigenvalue weighted by Gasteiger charge is 2.43. The summed E-state index contributed by atoms with van der Waals surface area (Å²) in [4.78, 5) is 42.3. The minimum absolute atomic E-state index is 0.0752. The molecule has 0 unspecified atom stereocenters. The monoisotopic (exact) mass is 347 g/mol. The quantitative estimate of drug-likeness (QED) is 0.887. The molecule has 1 saturated carbocycles. The summed E-state index contributed by atoms with van der Waals surface area (Å²) in [5.41, 5.74) is 1.07. The van der Waals surface area contributed by atoms with Crippen LogP contribution in [0.2, 0.25) is 0 Å². The highest BCUT2D eigenvalue weighted by molar-refractivity contribution is 7.14. The van der Waals surface area contributed by atoms with Crippen LogP contribution in [0.3, 0.4) is 0 Å². The van der Waals surface area contributed by atoms with E-state index in [1.807, 2.05) is 15.9 Å². The van der Waals surface area contributed by atoms with Crippen molar-refractivity contribution in [2.75, 3.05) is 20.1 Å². The maximum absolute atomic E-state index is 12.8. The first kappa shape index (κ1) is 15.6. The molecular formula is C17H21N3O3S. The predicted octanol–water partition coefficient (Wildman–Crippen LogP) is 1.00. The number of nitrogens with zero attached hydrogens (tertiary/aromatic N) is 2. The summed E-state index contributed by atoms with van der Waals surface area (Å²) in [7, 11) is 1.62. The summed E-state index contributed by atoms with van der Waals surface area (Å²) in [5.74, 6) is -0.0544. The van der Waals surface area contributed by atoms with E-state index < -0.39 is 0 Å². The molecule has 3 amide bonds. The summed E-state index contributed by atoms with van der Waals surface area (Å²) in [6.45, 7) is 1.81. The van der Waals surface area contributed by atoms with Crippen molar-refractivity contribution in [2.24, 2.45) is 5.92 Å². The van der Waals surface area contributed by atoms with Crippen molar-refractivity contribution in [3.05, 3.63) is 21.4 Å². The van der Waals surface area contributed by atoms with Gasteiger partial charge in [-0.3, -0.25) is 14.4 Å². The lowest BCUT2D eigenvalue weighted by molar-refractivity contribution is -0.136. The maximum Gasteiger partial charge on any atom is 0.261 e. The van der Waals surface area contributed by atoms with Crippen LogP contribution in [0.1, 0.15) is 39.4 Å². The van der Waals surface area contributed by atoms with Crippen molar-refractivity contribution < 1.29 is 14.4 Å². The molecule has 1 N–H and O–H groups in total. The highest BCUT2D eigenvalue weighted by Crippen LogP contribution is 2.34. The number of likely N-dealkylation sites (tertiary alicyclic amines) is 1. The van der Waals surface area contributed by atoms with Crippen LogP contribution in [0.5, 0.6) is 0 Å². The summed E-state index contributed by atoms with van der Waals surface area (Å²) in [6, 6.07) is 2.28. The van der Waals surface area contributed by atoms with E-state index in [-0.39, 0.29) is 23.6 Å². The molecule has 0 radical (unpaired) electrons. The van der Waals surface area contributed by atoms with E-state index in [1.54, 1.807) is 7.05 Å². The molecule has 24 heavy (non-hydrogen) atoms. The Morgan fingerprint density at radius 2 is 2.12 bits per heavy atom. The SMILES string of the molecule is CNC(=O)c1cc2c(s1)CCN(C(=O)[C@@H]1CC(=O)N(C3CC3)C1)C2. The molecule has 3 heterocycles. The lowest BCUT2D eigenvalue weighted by Gasteiger charge is -2.29. The Morgan fingerprint density at radius 1 is 1.33 bits per heavy atom. The van der Waals surface area contributed by atoms with Crippen LogP contribution in [0.15, 0.2) is 6.07 Å². The van der Waals surface area contributed by atoms with Gasteiger partial charge in [-0.2, -0.15) is 0 Å². The number of rotatable bonds is 3. The van der Waals surface area contributed by atoms with Gasteiger partial charge in [0.1, 0.15) is 0 Å². The van der Waals surface area contributed by atoms with Gasteiger partial charge < -0.3 is 15.1 Å². The zero-order valence-corrected chi connectivity index (χ0v) is 14.5. The second-order valence-electron chi connectivity index (χ2n) is 6.83. The Kier molecular flexibility index (Phi) is 3.83. The Labute approximate surface area is 144 Å². The van der Waals surface area contributed by atoms with Crippen molar-refractivity contribution in [1.29, 1.82) is 0 Å². The number of carbonyl (C=O) groups excluding carboxylic acids is 3. The number of amides is 3. The van der Waals surface area contributed by atoms with Gasteiger partial charge in [-0.25, -0.2) is 0 Å². The Hall–Kier alpha value is -1.89. The highest BCUT2D eigenvalue weighted by atomic mass is 32.1. The van der Waals surface area contributed by atoms with Crippen molar-refractivity contribution in [2.45, 2.75) is 38.3 Å². The summed E-state index contributed by atoms with van der Waals surface area (Å²) in [5, 5.41) is 2.64. The fourth-order valence-corrected chi connectivity index (χ4v) is 4.76. The van der Waals surface area contributed by atoms with E-state index in [0.29, 0.717) is 37.0 Å². The molecule has 2 aliphatic heterocycles. The molecule has 1 aromatic heterocycles. The zero-order chi connectivity index (χ0) is 16.8. The predicted molar refractivity (Wildman–Crippen MR) is 89.7 cm³/mol. The minimum Gasteiger partial charge on any atom is -0.354 e. The van der Waals surface area contributed by atoms with Gasteiger partial charge in [0, 0.05) is 44.0 Å². The Balaban J connectivity index is 1.44. The first-order valence-corrected chi connectivity index (χ1v) is 9.30. The van der Waals surface area contributed by atoms with Crippen molar-refractivity contribution >= 4 is 29.1 Å². The fourth-order valence-electron chi connectivity index (χ4n) is 3.65. The second kappa shape index (κ2) is 5.88. The molecule has 128 valence electrons. The van der Waals surface area contributed by atoms with Gasteiger partial charge in [-0.05, 0) is 30.9 Å². The molecule has 7 heteroatoms. The standard InChI is InChI=1S/C17H21N3O3S/c1-18-16(22)14-6-10-8-19(5-4-13(10)24-14)17(23)11-7-15(21)20(9-11)12-2-3-12/h6,11-12H,2-5,7-9H2,1H3,(H,18,22)/t11-/m1/s1. The lowest BCUT2D eigenvalue weighted by Crippen LogP contribution is -2.40. The van der Waals surface area contributed by atoms with E-state index in [9.17, 15) is 14.4 Å². The molecule has 0 aromatic carbocycles. The number of carbonyl (C=O) groups is 3. The van der Waals surface area contributed by atoms with Gasteiger partial charge in [-0.15, -0.1) is 11.3 Å². The smallest absolute Gasteiger partial charge is 0.261 e. The molecule has 2 fully saturated rings. The molecule has 4 rings (SSSR count). The van der Waals surface area contributed by atoms with Gasteiger partial charge in [0.25, 0.3) is 5.91 Å². The van der Waals surface area contributed by atoms with E-state index in [4.69, 9.17) is 0 Å². The second-order valence-corrected chi connectivity index (χ2v) is 7.96. The Morgan fingerprint density at radius 3 is 2.83 bits per heavy atom. The zero-order valence-electron chi connectivity index (χ0n) is 13.7. The lowest BCUT2D eigenvalue weighted by atomic mass is 10.0. The van der Waals surface area contributed by atoms with Gasteiger partial charge in [0.05, 0.1) is 10.8 Å². The topological polar surface area (TPSA) is 69.7 Å². The third kappa shape index (κ3) is 2.70. The number of nitrogens with one attached hydrogen (secondary N) is 1. The summed E-state index contributed by atoms with van der Waals surface area (Å²) >= 11 is 1.51. The number of fused-ring (bicyclic) bond motifs is 1. The number of hydrogen-bond acceptors (Lipinski definition) is 4. The van der Waals surface area contributed by atoms with Gasteiger partial charge in [-0.1, -0.05) is 0 Å². The van der Waals surface area contributed by atoms with Crippen LogP contribution in [0, 0.1) is 5.92 Å². The van der Waals surface area contributed by atoms with Crippen molar-refractivity contribution in [3.63, 3.8) is 0 Å². The first-order chi connectivity index (χ1) is 11.6. The molecule has 0 spiro atoms. The molecule has 3 aliphatic rings. The summed E-state index contributed by atoms with van der Waals surface area (Å²) in [6.07, 6.45) is 3.30. The van der Waals surface area contributed by atoms with Crippen LogP contribution in [0.25, 0.3) is 0 Å². The largest absolute Gasteiger partial charge is 0.354 e.